The lowest BCUT2D eigenvalue weighted by Gasteiger charge is -2.38. The van der Waals surface area contributed by atoms with Gasteiger partial charge in [-0.05, 0) is 32.3 Å². The average molecular weight is 292 g/mol. The van der Waals surface area contributed by atoms with Crippen molar-refractivity contribution in [1.29, 1.82) is 0 Å². The van der Waals surface area contributed by atoms with Crippen molar-refractivity contribution < 1.29 is 14.6 Å². The van der Waals surface area contributed by atoms with Gasteiger partial charge in [0.15, 0.2) is 0 Å². The van der Waals surface area contributed by atoms with E-state index < -0.39 is 0 Å². The van der Waals surface area contributed by atoms with Crippen molar-refractivity contribution in [2.24, 2.45) is 0 Å². The van der Waals surface area contributed by atoms with Gasteiger partial charge in [0.05, 0.1) is 12.6 Å². The fraction of sp³-hybridized carbons (Fsp3) is 0.562. The quantitative estimate of drug-likeness (QED) is 0.871. The SMILES string of the molecule is Cc1ccc(CCN2C(=O)OCCN2CCC(C)O)cc1. The van der Waals surface area contributed by atoms with Crippen LogP contribution in [0.2, 0.25) is 0 Å². The number of aliphatic hydroxyl groups excluding tert-OH is 1. The maximum Gasteiger partial charge on any atom is 0.424 e. The molecule has 2 rings (SSSR count). The van der Waals surface area contributed by atoms with Crippen molar-refractivity contribution in [3.8, 4) is 0 Å². The summed E-state index contributed by atoms with van der Waals surface area (Å²) in [6.07, 6.45) is 0.787. The molecule has 1 aromatic rings. The predicted octanol–water partition coefficient (Wildman–Crippen LogP) is 1.98. The first-order valence-electron chi connectivity index (χ1n) is 7.49. The van der Waals surface area contributed by atoms with Gasteiger partial charge in [0.1, 0.15) is 6.61 Å². The van der Waals surface area contributed by atoms with E-state index in [9.17, 15) is 9.90 Å². The van der Waals surface area contributed by atoms with Gasteiger partial charge in [-0.2, -0.15) is 0 Å². The van der Waals surface area contributed by atoms with Gasteiger partial charge in [0.25, 0.3) is 0 Å². The minimum Gasteiger partial charge on any atom is -0.447 e. The number of carbonyl (C=O) groups is 1. The molecule has 1 fully saturated rings. The number of cyclic esters (lactones) is 1. The van der Waals surface area contributed by atoms with Crippen LogP contribution in [0.1, 0.15) is 24.5 Å². The molecular formula is C16H24N2O3. The number of ether oxygens (including phenoxy) is 1. The van der Waals surface area contributed by atoms with Gasteiger partial charge < -0.3 is 9.84 Å². The van der Waals surface area contributed by atoms with Crippen LogP contribution in [-0.4, -0.2) is 53.6 Å². The largest absolute Gasteiger partial charge is 0.447 e. The van der Waals surface area contributed by atoms with E-state index in [4.69, 9.17) is 4.74 Å². The maximum absolute atomic E-state index is 11.9. The summed E-state index contributed by atoms with van der Waals surface area (Å²) < 4.78 is 5.12. The molecule has 116 valence electrons. The first-order chi connectivity index (χ1) is 10.1. The Morgan fingerprint density at radius 3 is 2.67 bits per heavy atom. The number of aliphatic hydroxyl groups is 1. The minimum atomic E-state index is -0.359. The van der Waals surface area contributed by atoms with Crippen LogP contribution in [0.4, 0.5) is 4.79 Å². The van der Waals surface area contributed by atoms with E-state index in [-0.39, 0.29) is 12.2 Å². The molecule has 1 aliphatic heterocycles. The molecular weight excluding hydrogens is 268 g/mol. The van der Waals surface area contributed by atoms with Crippen LogP contribution >= 0.6 is 0 Å². The summed E-state index contributed by atoms with van der Waals surface area (Å²) in [5, 5.41) is 13.0. The molecule has 5 heteroatoms. The van der Waals surface area contributed by atoms with Crippen LogP contribution in [0.3, 0.4) is 0 Å². The highest BCUT2D eigenvalue weighted by Gasteiger charge is 2.27. The fourth-order valence-corrected chi connectivity index (χ4v) is 2.34. The lowest BCUT2D eigenvalue weighted by molar-refractivity contribution is -0.0718. The van der Waals surface area contributed by atoms with Crippen LogP contribution in [0.15, 0.2) is 24.3 Å². The number of benzene rings is 1. The van der Waals surface area contributed by atoms with Crippen molar-refractivity contribution in [2.45, 2.75) is 32.8 Å². The molecule has 1 aromatic carbocycles. The third-order valence-electron chi connectivity index (χ3n) is 3.66. The van der Waals surface area contributed by atoms with Crippen LogP contribution in [0, 0.1) is 6.92 Å². The smallest absolute Gasteiger partial charge is 0.424 e. The van der Waals surface area contributed by atoms with Crippen molar-refractivity contribution in [3.63, 3.8) is 0 Å². The van der Waals surface area contributed by atoms with Crippen molar-refractivity contribution in [2.75, 3.05) is 26.2 Å². The number of hydrazine groups is 1. The first kappa shape index (κ1) is 15.8. The Bertz CT molecular complexity index is 459. The molecule has 1 unspecified atom stereocenters. The second-order valence-electron chi connectivity index (χ2n) is 5.56. The Kier molecular flexibility index (Phi) is 5.59. The molecule has 1 N–H and O–H groups in total. The average Bonchev–Trinajstić information content (AvgIpc) is 2.46. The molecule has 0 aromatic heterocycles. The van der Waals surface area contributed by atoms with Crippen molar-refractivity contribution in [3.05, 3.63) is 35.4 Å². The van der Waals surface area contributed by atoms with Crippen LogP contribution in [0.25, 0.3) is 0 Å². The van der Waals surface area contributed by atoms with Gasteiger partial charge in [-0.1, -0.05) is 29.8 Å². The summed E-state index contributed by atoms with van der Waals surface area (Å²) >= 11 is 0. The zero-order valence-corrected chi connectivity index (χ0v) is 12.8. The number of amides is 1. The summed E-state index contributed by atoms with van der Waals surface area (Å²) in [4.78, 5) is 11.9. The standard InChI is InChI=1S/C16H24N2O3/c1-13-3-5-15(6-4-13)8-10-18-16(20)21-12-11-17(18)9-7-14(2)19/h3-6,14,19H,7-12H2,1-2H3. The number of hydrogen-bond acceptors (Lipinski definition) is 4. The number of hydrogen-bond donors (Lipinski definition) is 1. The molecule has 1 aliphatic rings. The van der Waals surface area contributed by atoms with Gasteiger partial charge in [-0.15, -0.1) is 0 Å². The summed E-state index contributed by atoms with van der Waals surface area (Å²) in [7, 11) is 0. The zero-order valence-electron chi connectivity index (χ0n) is 12.8. The Labute approximate surface area is 126 Å². The van der Waals surface area contributed by atoms with E-state index in [1.165, 1.54) is 11.1 Å². The first-order valence-corrected chi connectivity index (χ1v) is 7.49. The number of aryl methyl sites for hydroxylation is 1. The summed E-state index contributed by atoms with van der Waals surface area (Å²) in [6, 6.07) is 8.33. The highest BCUT2D eigenvalue weighted by Crippen LogP contribution is 2.12. The highest BCUT2D eigenvalue weighted by molar-refractivity contribution is 5.67. The maximum atomic E-state index is 11.9. The van der Waals surface area contributed by atoms with Gasteiger partial charge in [0, 0.05) is 13.1 Å². The summed E-state index contributed by atoms with van der Waals surface area (Å²) in [6.45, 7) is 6.19. The second-order valence-corrected chi connectivity index (χ2v) is 5.56. The third kappa shape index (κ3) is 4.72. The number of rotatable bonds is 6. The molecule has 0 saturated carbocycles. The molecule has 1 saturated heterocycles. The molecule has 21 heavy (non-hydrogen) atoms. The van der Waals surface area contributed by atoms with Crippen molar-refractivity contribution in [1.82, 2.24) is 10.0 Å². The number of nitrogens with zero attached hydrogens (tertiary/aromatic N) is 2. The van der Waals surface area contributed by atoms with E-state index in [0.717, 1.165) is 6.42 Å². The highest BCUT2D eigenvalue weighted by atomic mass is 16.6. The zero-order chi connectivity index (χ0) is 15.2. The Hall–Kier alpha value is -1.59. The molecule has 0 bridgehead atoms. The van der Waals surface area contributed by atoms with Gasteiger partial charge in [-0.3, -0.25) is 0 Å². The summed E-state index contributed by atoms with van der Waals surface area (Å²) in [5.41, 5.74) is 2.43. The van der Waals surface area contributed by atoms with Gasteiger partial charge >= 0.3 is 6.09 Å². The molecule has 5 nitrogen and oxygen atoms in total. The fourth-order valence-electron chi connectivity index (χ4n) is 2.34. The van der Waals surface area contributed by atoms with Crippen LogP contribution < -0.4 is 0 Å². The molecule has 1 amide bonds. The molecule has 0 radical (unpaired) electrons. The Morgan fingerprint density at radius 1 is 1.29 bits per heavy atom. The van der Waals surface area contributed by atoms with Crippen LogP contribution in [-0.2, 0) is 11.2 Å². The van der Waals surface area contributed by atoms with Crippen molar-refractivity contribution >= 4 is 6.09 Å². The van der Waals surface area contributed by atoms with E-state index in [2.05, 4.69) is 31.2 Å². The topological polar surface area (TPSA) is 53.0 Å². The summed E-state index contributed by atoms with van der Waals surface area (Å²) in [5.74, 6) is 0. The normalized spacial score (nSPS) is 17.7. The monoisotopic (exact) mass is 292 g/mol. The van der Waals surface area contributed by atoms with Gasteiger partial charge in [-0.25, -0.2) is 14.8 Å². The van der Waals surface area contributed by atoms with E-state index in [1.54, 1.807) is 11.9 Å². The minimum absolute atomic E-state index is 0.293. The molecule has 1 atom stereocenters. The van der Waals surface area contributed by atoms with E-state index >= 15 is 0 Å². The van der Waals surface area contributed by atoms with E-state index in [1.807, 2.05) is 5.01 Å². The number of carbonyl (C=O) groups excluding carboxylic acids is 1. The Balaban J connectivity index is 1.92. The third-order valence-corrected chi connectivity index (χ3v) is 3.66. The predicted molar refractivity (Wildman–Crippen MR) is 80.8 cm³/mol. The second kappa shape index (κ2) is 7.43. The molecule has 0 spiro atoms. The van der Waals surface area contributed by atoms with Gasteiger partial charge in [0.2, 0.25) is 0 Å². The van der Waals surface area contributed by atoms with Crippen LogP contribution in [0.5, 0.6) is 0 Å². The van der Waals surface area contributed by atoms with E-state index in [0.29, 0.717) is 32.7 Å². The molecule has 1 heterocycles. The lowest BCUT2D eigenvalue weighted by Crippen LogP contribution is -2.53. The Morgan fingerprint density at radius 2 is 2.00 bits per heavy atom. The molecule has 0 aliphatic carbocycles. The lowest BCUT2D eigenvalue weighted by atomic mass is 10.1.